The number of carbonyl (C=O) groups excluding carboxylic acids is 1. The number of aromatic nitrogens is 3. The van der Waals surface area contributed by atoms with E-state index in [1.54, 1.807) is 12.3 Å². The Kier molecular flexibility index (Phi) is 5.33. The molecule has 0 atom stereocenters. The molecule has 0 saturated carbocycles. The van der Waals surface area contributed by atoms with Crippen LogP contribution in [0.3, 0.4) is 0 Å². The van der Waals surface area contributed by atoms with Crippen molar-refractivity contribution >= 4 is 5.91 Å². The van der Waals surface area contributed by atoms with Crippen LogP contribution in [0.4, 0.5) is 0 Å². The van der Waals surface area contributed by atoms with E-state index < -0.39 is 0 Å². The van der Waals surface area contributed by atoms with E-state index in [0.29, 0.717) is 12.1 Å². The van der Waals surface area contributed by atoms with Gasteiger partial charge in [-0.3, -0.25) is 4.79 Å². The first-order valence-corrected chi connectivity index (χ1v) is 8.93. The lowest BCUT2D eigenvalue weighted by atomic mass is 10.1. The van der Waals surface area contributed by atoms with Gasteiger partial charge in [-0.05, 0) is 25.3 Å². The molecule has 6 nitrogen and oxygen atoms in total. The van der Waals surface area contributed by atoms with Crippen molar-refractivity contribution in [1.82, 2.24) is 20.1 Å². The predicted octanol–water partition coefficient (Wildman–Crippen LogP) is 3.08. The van der Waals surface area contributed by atoms with E-state index in [4.69, 9.17) is 4.42 Å². The third-order valence-electron chi connectivity index (χ3n) is 4.51. The molecule has 1 aliphatic rings. The topological polar surface area (TPSA) is 73.0 Å². The Morgan fingerprint density at radius 1 is 1.33 bits per heavy atom. The quantitative estimate of drug-likeness (QED) is 0.826. The second-order valence-electron chi connectivity index (χ2n) is 6.71. The molecule has 24 heavy (non-hydrogen) atoms. The monoisotopic (exact) mass is 330 g/mol. The summed E-state index contributed by atoms with van der Waals surface area (Å²) in [5.41, 5.74) is 0.640. The molecule has 0 saturated heterocycles. The van der Waals surface area contributed by atoms with Gasteiger partial charge >= 0.3 is 0 Å². The first kappa shape index (κ1) is 16.7. The van der Waals surface area contributed by atoms with E-state index in [9.17, 15) is 4.79 Å². The summed E-state index contributed by atoms with van der Waals surface area (Å²) in [5, 5.41) is 11.6. The number of aryl methyl sites for hydroxylation is 2. The molecule has 0 radical (unpaired) electrons. The van der Waals surface area contributed by atoms with E-state index in [0.717, 1.165) is 43.2 Å². The highest BCUT2D eigenvalue weighted by Gasteiger charge is 2.17. The van der Waals surface area contributed by atoms with Crippen LogP contribution in [-0.2, 0) is 19.4 Å². The summed E-state index contributed by atoms with van der Waals surface area (Å²) in [4.78, 5) is 12.3. The summed E-state index contributed by atoms with van der Waals surface area (Å²) in [7, 11) is 0. The van der Waals surface area contributed by atoms with Crippen molar-refractivity contribution in [3.05, 3.63) is 35.3 Å². The van der Waals surface area contributed by atoms with Crippen LogP contribution in [0, 0.1) is 0 Å². The van der Waals surface area contributed by atoms with Gasteiger partial charge in [0.1, 0.15) is 17.4 Å². The fraction of sp³-hybridized carbons (Fsp3) is 0.611. The summed E-state index contributed by atoms with van der Waals surface area (Å²) < 4.78 is 7.67. The number of hydrogen-bond donors (Lipinski definition) is 1. The molecule has 0 bridgehead atoms. The molecule has 1 N–H and O–H groups in total. The normalized spacial score (nSPS) is 14.5. The molecule has 1 amide bonds. The third kappa shape index (κ3) is 3.68. The molecule has 0 spiro atoms. The smallest absolute Gasteiger partial charge is 0.254 e. The van der Waals surface area contributed by atoms with Crippen LogP contribution >= 0.6 is 0 Å². The first-order chi connectivity index (χ1) is 11.7. The zero-order valence-electron chi connectivity index (χ0n) is 14.5. The Balaban J connectivity index is 1.50. The Morgan fingerprint density at radius 2 is 2.21 bits per heavy atom. The molecule has 3 rings (SSSR count). The van der Waals surface area contributed by atoms with Crippen molar-refractivity contribution in [2.24, 2.45) is 0 Å². The lowest BCUT2D eigenvalue weighted by molar-refractivity contribution is 0.0950. The highest BCUT2D eigenvalue weighted by Crippen LogP contribution is 2.20. The SMILES string of the molecule is CC(C)c1occc1C(=O)NCCCc1nnc2n1CCCCC2. The maximum atomic E-state index is 12.3. The lowest BCUT2D eigenvalue weighted by Crippen LogP contribution is -2.25. The molecule has 6 heteroatoms. The molecule has 2 aromatic heterocycles. The minimum absolute atomic E-state index is 0.0625. The van der Waals surface area contributed by atoms with E-state index in [1.165, 1.54) is 19.3 Å². The van der Waals surface area contributed by atoms with Gasteiger partial charge < -0.3 is 14.3 Å². The van der Waals surface area contributed by atoms with Crippen LogP contribution in [0.2, 0.25) is 0 Å². The average molecular weight is 330 g/mol. The molecule has 0 fully saturated rings. The van der Waals surface area contributed by atoms with Gasteiger partial charge in [0.05, 0.1) is 11.8 Å². The Morgan fingerprint density at radius 3 is 3.04 bits per heavy atom. The van der Waals surface area contributed by atoms with Crippen LogP contribution < -0.4 is 5.32 Å². The van der Waals surface area contributed by atoms with E-state index in [2.05, 4.69) is 20.1 Å². The van der Waals surface area contributed by atoms with E-state index >= 15 is 0 Å². The van der Waals surface area contributed by atoms with E-state index in [1.807, 2.05) is 13.8 Å². The minimum atomic E-state index is -0.0625. The number of nitrogens with one attached hydrogen (secondary N) is 1. The van der Waals surface area contributed by atoms with Crippen molar-refractivity contribution in [2.75, 3.05) is 6.54 Å². The van der Waals surface area contributed by atoms with Crippen LogP contribution in [-0.4, -0.2) is 27.2 Å². The molecule has 1 aliphatic heterocycles. The Bertz CT molecular complexity index is 687. The van der Waals surface area contributed by atoms with Crippen molar-refractivity contribution in [1.29, 1.82) is 0 Å². The number of rotatable bonds is 6. The van der Waals surface area contributed by atoms with Crippen molar-refractivity contribution in [3.63, 3.8) is 0 Å². The van der Waals surface area contributed by atoms with Gasteiger partial charge in [-0.1, -0.05) is 20.3 Å². The highest BCUT2D eigenvalue weighted by atomic mass is 16.3. The molecule has 0 unspecified atom stereocenters. The number of furan rings is 1. The second-order valence-corrected chi connectivity index (χ2v) is 6.71. The van der Waals surface area contributed by atoms with Gasteiger partial charge in [0, 0.05) is 31.8 Å². The van der Waals surface area contributed by atoms with E-state index in [-0.39, 0.29) is 11.8 Å². The molecule has 0 aliphatic carbocycles. The van der Waals surface area contributed by atoms with Crippen molar-refractivity contribution in [3.8, 4) is 0 Å². The van der Waals surface area contributed by atoms with Crippen LogP contribution in [0.1, 0.15) is 73.2 Å². The fourth-order valence-electron chi connectivity index (χ4n) is 3.23. The number of fused-ring (bicyclic) bond motifs is 1. The van der Waals surface area contributed by atoms with Gasteiger partial charge in [-0.25, -0.2) is 0 Å². The number of carbonyl (C=O) groups is 1. The summed E-state index contributed by atoms with van der Waals surface area (Å²) in [6, 6.07) is 1.74. The molecule has 3 heterocycles. The molecular weight excluding hydrogens is 304 g/mol. The standard InChI is InChI=1S/C18H26N4O2/c1-13(2)17-14(9-12-24-17)18(23)19-10-6-8-16-21-20-15-7-4-3-5-11-22(15)16/h9,12-13H,3-8,10-11H2,1-2H3,(H,19,23). The van der Waals surface area contributed by atoms with Gasteiger partial charge in [0.15, 0.2) is 0 Å². The first-order valence-electron chi connectivity index (χ1n) is 8.93. The maximum Gasteiger partial charge on any atom is 0.254 e. The maximum absolute atomic E-state index is 12.3. The number of nitrogens with zero attached hydrogens (tertiary/aromatic N) is 3. The summed E-state index contributed by atoms with van der Waals surface area (Å²) >= 11 is 0. The van der Waals surface area contributed by atoms with Crippen LogP contribution in [0.25, 0.3) is 0 Å². The second kappa shape index (κ2) is 7.64. The van der Waals surface area contributed by atoms with Gasteiger partial charge in [-0.15, -0.1) is 10.2 Å². The van der Waals surface area contributed by atoms with Crippen LogP contribution in [0.5, 0.6) is 0 Å². The zero-order valence-corrected chi connectivity index (χ0v) is 14.5. The van der Waals surface area contributed by atoms with Gasteiger partial charge in [-0.2, -0.15) is 0 Å². The molecular formula is C18H26N4O2. The summed E-state index contributed by atoms with van der Waals surface area (Å²) in [6.07, 6.45) is 7.98. The number of hydrogen-bond acceptors (Lipinski definition) is 4. The van der Waals surface area contributed by atoms with Gasteiger partial charge in [0.2, 0.25) is 0 Å². The third-order valence-corrected chi connectivity index (χ3v) is 4.51. The Hall–Kier alpha value is -2.11. The lowest BCUT2D eigenvalue weighted by Gasteiger charge is -2.08. The van der Waals surface area contributed by atoms with Crippen LogP contribution in [0.15, 0.2) is 16.7 Å². The minimum Gasteiger partial charge on any atom is -0.468 e. The number of amides is 1. The summed E-state index contributed by atoms with van der Waals surface area (Å²) in [5.74, 6) is 3.05. The van der Waals surface area contributed by atoms with Crippen molar-refractivity contribution in [2.45, 2.75) is 64.8 Å². The largest absolute Gasteiger partial charge is 0.468 e. The predicted molar refractivity (Wildman–Crippen MR) is 91.0 cm³/mol. The molecule has 0 aromatic carbocycles. The van der Waals surface area contributed by atoms with Crippen molar-refractivity contribution < 1.29 is 9.21 Å². The zero-order chi connectivity index (χ0) is 16.9. The molecule has 2 aromatic rings. The average Bonchev–Trinajstić information content (AvgIpc) is 3.13. The fourth-order valence-corrected chi connectivity index (χ4v) is 3.23. The Labute approximate surface area is 142 Å². The summed E-state index contributed by atoms with van der Waals surface area (Å²) in [6.45, 7) is 5.69. The molecule has 130 valence electrons. The highest BCUT2D eigenvalue weighted by molar-refractivity contribution is 5.95. The van der Waals surface area contributed by atoms with Gasteiger partial charge in [0.25, 0.3) is 5.91 Å².